The largest absolute Gasteiger partial charge is 0.381 e. The number of nitrogens with zero attached hydrogens (tertiary/aromatic N) is 3. The molecule has 0 spiro atoms. The zero-order valence-electron chi connectivity index (χ0n) is 21.1. The highest BCUT2D eigenvalue weighted by Gasteiger charge is 2.22. The first kappa shape index (κ1) is 27.1. The third-order valence-electron chi connectivity index (χ3n) is 6.41. The van der Waals surface area contributed by atoms with Crippen LogP contribution in [0, 0.1) is 23.2 Å². The van der Waals surface area contributed by atoms with Crippen molar-refractivity contribution in [1.29, 1.82) is 5.26 Å². The number of halogens is 1. The minimum atomic E-state index is -0.398. The summed E-state index contributed by atoms with van der Waals surface area (Å²) in [6, 6.07) is 11.5. The van der Waals surface area contributed by atoms with E-state index in [-0.39, 0.29) is 47.2 Å². The summed E-state index contributed by atoms with van der Waals surface area (Å²) in [6.07, 6.45) is 0.182. The highest BCUT2D eigenvalue weighted by Crippen LogP contribution is 2.22. The molecular weight excluding hydrogens is 510 g/mol. The number of nitrogens with one attached hydrogen (secondary N) is 2. The van der Waals surface area contributed by atoms with Crippen molar-refractivity contribution in [1.82, 2.24) is 9.13 Å². The monoisotopic (exact) mass is 537 g/mol. The summed E-state index contributed by atoms with van der Waals surface area (Å²) in [5.41, 5.74) is 0.966. The molecule has 1 atom stereocenters. The molecule has 1 aromatic heterocycles. The lowest BCUT2D eigenvalue weighted by Gasteiger charge is -2.26. The van der Waals surface area contributed by atoms with Gasteiger partial charge in [0.25, 0.3) is 5.56 Å². The number of anilines is 2. The second-order valence-corrected chi connectivity index (χ2v) is 9.90. The number of aryl methyl sites for hydroxylation is 1. The number of hydrogen-bond donors (Lipinski definition) is 2. The number of carbonyl (C=O) groups excluding carboxylic acids is 2. The molecule has 2 heterocycles. The summed E-state index contributed by atoms with van der Waals surface area (Å²) in [5.74, 6) is -0.733. The third kappa shape index (κ3) is 5.96. The zero-order valence-corrected chi connectivity index (χ0v) is 21.9. The van der Waals surface area contributed by atoms with E-state index < -0.39 is 5.56 Å². The van der Waals surface area contributed by atoms with Gasteiger partial charge in [0.1, 0.15) is 6.07 Å². The SMILES string of the molecule is CCn1c(=O)n(CC2COC2)c(=O)c2cc(NC(=O)CC(C)CC(=O)Nc3ccc(C#N)c(Cl)c3)ccc21. The smallest absolute Gasteiger partial charge is 0.331 e. The normalized spacial score (nSPS) is 13.9. The molecule has 2 N–H and O–H groups in total. The Hall–Kier alpha value is -3.94. The molecule has 1 saturated heterocycles. The number of carbonyl (C=O) groups is 2. The van der Waals surface area contributed by atoms with E-state index in [1.165, 1.54) is 16.7 Å². The Morgan fingerprint density at radius 1 is 1.08 bits per heavy atom. The molecule has 1 aliphatic rings. The minimum Gasteiger partial charge on any atom is -0.381 e. The van der Waals surface area contributed by atoms with E-state index in [4.69, 9.17) is 21.6 Å². The van der Waals surface area contributed by atoms with E-state index in [9.17, 15) is 19.2 Å². The Morgan fingerprint density at radius 2 is 1.71 bits per heavy atom. The fourth-order valence-corrected chi connectivity index (χ4v) is 4.65. The van der Waals surface area contributed by atoms with Crippen LogP contribution in [0.25, 0.3) is 10.9 Å². The highest BCUT2D eigenvalue weighted by atomic mass is 35.5. The molecule has 0 saturated carbocycles. The maximum absolute atomic E-state index is 13.2. The highest BCUT2D eigenvalue weighted by molar-refractivity contribution is 6.32. The van der Waals surface area contributed by atoms with Gasteiger partial charge in [0.15, 0.2) is 0 Å². The topological polar surface area (TPSA) is 135 Å². The lowest BCUT2D eigenvalue weighted by atomic mass is 10.0. The lowest BCUT2D eigenvalue weighted by molar-refractivity contribution is -0.118. The summed E-state index contributed by atoms with van der Waals surface area (Å²) in [5, 5.41) is 15.1. The number of hydrogen-bond acceptors (Lipinski definition) is 6. The van der Waals surface area contributed by atoms with E-state index in [2.05, 4.69) is 10.6 Å². The molecule has 3 aromatic rings. The predicted molar refractivity (Wildman–Crippen MR) is 144 cm³/mol. The molecule has 11 heteroatoms. The van der Waals surface area contributed by atoms with Crippen molar-refractivity contribution in [3.8, 4) is 6.07 Å². The Kier molecular flexibility index (Phi) is 8.29. The van der Waals surface area contributed by atoms with E-state index in [0.717, 1.165) is 0 Å². The standard InChI is InChI=1S/C27H28ClN5O5/c1-3-32-23-7-6-19(10-21(23)26(36)33(27(32)37)13-17-14-38-15-17)30-24(34)8-16(2)9-25(35)31-20-5-4-18(12-29)22(28)11-20/h4-7,10-11,16-17H,3,8-9,13-15H2,1-2H3,(H,30,34)(H,31,35). The van der Waals surface area contributed by atoms with E-state index in [1.54, 1.807) is 35.8 Å². The van der Waals surface area contributed by atoms with Crippen molar-refractivity contribution in [2.75, 3.05) is 23.8 Å². The summed E-state index contributed by atoms with van der Waals surface area (Å²) < 4.78 is 7.97. The number of rotatable bonds is 9. The molecule has 1 aliphatic heterocycles. The summed E-state index contributed by atoms with van der Waals surface area (Å²) >= 11 is 6.01. The number of fused-ring (bicyclic) bond motifs is 1. The molecule has 2 aromatic carbocycles. The Morgan fingerprint density at radius 3 is 2.26 bits per heavy atom. The van der Waals surface area contributed by atoms with Crippen molar-refractivity contribution in [3.05, 3.63) is 67.8 Å². The Bertz CT molecular complexity index is 1550. The predicted octanol–water partition coefficient (Wildman–Crippen LogP) is 3.35. The molecule has 4 rings (SSSR count). The van der Waals surface area contributed by atoms with Gasteiger partial charge in [0.05, 0.1) is 34.7 Å². The van der Waals surface area contributed by atoms with Gasteiger partial charge in [0, 0.05) is 43.2 Å². The van der Waals surface area contributed by atoms with Crippen LogP contribution in [0.1, 0.15) is 32.3 Å². The van der Waals surface area contributed by atoms with Crippen LogP contribution < -0.4 is 21.9 Å². The van der Waals surface area contributed by atoms with Crippen LogP contribution in [0.2, 0.25) is 5.02 Å². The Balaban J connectivity index is 1.42. The average Bonchev–Trinajstić information content (AvgIpc) is 2.83. The fourth-order valence-electron chi connectivity index (χ4n) is 4.43. The molecule has 0 bridgehead atoms. The number of aromatic nitrogens is 2. The van der Waals surface area contributed by atoms with Gasteiger partial charge in [-0.25, -0.2) is 4.79 Å². The molecule has 38 heavy (non-hydrogen) atoms. The number of nitriles is 1. The van der Waals surface area contributed by atoms with Crippen LogP contribution in [-0.2, 0) is 27.4 Å². The summed E-state index contributed by atoms with van der Waals surface area (Å²) in [4.78, 5) is 51.2. The van der Waals surface area contributed by atoms with Crippen LogP contribution in [0.5, 0.6) is 0 Å². The maximum atomic E-state index is 13.2. The first-order chi connectivity index (χ1) is 18.2. The molecule has 10 nitrogen and oxygen atoms in total. The number of benzene rings is 2. The average molecular weight is 538 g/mol. The molecule has 0 aliphatic carbocycles. The number of amides is 2. The van der Waals surface area contributed by atoms with Crippen molar-refractivity contribution in [2.45, 2.75) is 39.8 Å². The van der Waals surface area contributed by atoms with Gasteiger partial charge in [-0.1, -0.05) is 18.5 Å². The van der Waals surface area contributed by atoms with Gasteiger partial charge in [0.2, 0.25) is 11.8 Å². The van der Waals surface area contributed by atoms with E-state index >= 15 is 0 Å². The van der Waals surface area contributed by atoms with Gasteiger partial charge >= 0.3 is 5.69 Å². The molecule has 1 fully saturated rings. The first-order valence-electron chi connectivity index (χ1n) is 12.3. The quantitative estimate of drug-likeness (QED) is 0.430. The van der Waals surface area contributed by atoms with Crippen molar-refractivity contribution in [2.24, 2.45) is 11.8 Å². The molecule has 1 unspecified atom stereocenters. The fraction of sp³-hybridized carbons (Fsp3) is 0.370. The zero-order chi connectivity index (χ0) is 27.4. The molecular formula is C27H28ClN5O5. The van der Waals surface area contributed by atoms with Gasteiger partial charge < -0.3 is 15.4 Å². The van der Waals surface area contributed by atoms with Crippen molar-refractivity contribution < 1.29 is 14.3 Å². The molecule has 198 valence electrons. The van der Waals surface area contributed by atoms with Crippen LogP contribution in [0.4, 0.5) is 11.4 Å². The van der Waals surface area contributed by atoms with Crippen molar-refractivity contribution >= 4 is 45.7 Å². The van der Waals surface area contributed by atoms with Crippen LogP contribution in [0.15, 0.2) is 46.0 Å². The lowest BCUT2D eigenvalue weighted by Crippen LogP contribution is -2.44. The van der Waals surface area contributed by atoms with Gasteiger partial charge in [-0.05, 0) is 49.2 Å². The van der Waals surface area contributed by atoms with Crippen LogP contribution >= 0.6 is 11.6 Å². The second-order valence-electron chi connectivity index (χ2n) is 9.49. The first-order valence-corrected chi connectivity index (χ1v) is 12.7. The second kappa shape index (κ2) is 11.6. The maximum Gasteiger partial charge on any atom is 0.331 e. The van der Waals surface area contributed by atoms with E-state index in [0.29, 0.717) is 54.1 Å². The summed E-state index contributed by atoms with van der Waals surface area (Å²) in [6.45, 7) is 5.35. The van der Waals surface area contributed by atoms with Crippen molar-refractivity contribution in [3.63, 3.8) is 0 Å². The summed E-state index contributed by atoms with van der Waals surface area (Å²) in [7, 11) is 0. The van der Waals surface area contributed by atoms with Crippen LogP contribution in [0.3, 0.4) is 0 Å². The van der Waals surface area contributed by atoms with Gasteiger partial charge in [-0.2, -0.15) is 5.26 Å². The number of ether oxygens (including phenoxy) is 1. The van der Waals surface area contributed by atoms with E-state index in [1.807, 2.05) is 13.0 Å². The molecule has 0 radical (unpaired) electrons. The Labute approximate surface area is 223 Å². The van der Waals surface area contributed by atoms with Gasteiger partial charge in [-0.15, -0.1) is 0 Å². The molecule has 2 amide bonds. The van der Waals surface area contributed by atoms with Crippen LogP contribution in [-0.4, -0.2) is 34.2 Å². The minimum absolute atomic E-state index is 0.0833. The van der Waals surface area contributed by atoms with Gasteiger partial charge in [-0.3, -0.25) is 23.5 Å². The third-order valence-corrected chi connectivity index (χ3v) is 6.73.